The number of amides is 1. The summed E-state index contributed by atoms with van der Waals surface area (Å²) in [5, 5.41) is 9.93. The molecule has 0 spiro atoms. The van der Waals surface area contributed by atoms with Crippen molar-refractivity contribution < 1.29 is 13.2 Å². The van der Waals surface area contributed by atoms with Crippen LogP contribution in [0.15, 0.2) is 77.6 Å². The highest BCUT2D eigenvalue weighted by Crippen LogP contribution is 2.20. The molecule has 0 saturated carbocycles. The van der Waals surface area contributed by atoms with E-state index < -0.39 is 10.0 Å². The minimum atomic E-state index is -3.53. The van der Waals surface area contributed by atoms with Gasteiger partial charge in [-0.15, -0.1) is 10.2 Å². The second-order valence-corrected chi connectivity index (χ2v) is 9.91. The molecule has 1 aliphatic rings. The van der Waals surface area contributed by atoms with Crippen molar-refractivity contribution in [3.63, 3.8) is 0 Å². The lowest BCUT2D eigenvalue weighted by molar-refractivity contribution is -0.129. The van der Waals surface area contributed by atoms with E-state index in [9.17, 15) is 13.2 Å². The Labute approximate surface area is 191 Å². The predicted molar refractivity (Wildman–Crippen MR) is 125 cm³/mol. The normalized spacial score (nSPS) is 15.3. The zero-order valence-electron chi connectivity index (χ0n) is 17.3. The van der Waals surface area contributed by atoms with E-state index in [-0.39, 0.29) is 24.7 Å². The fourth-order valence-electron chi connectivity index (χ4n) is 3.31. The van der Waals surface area contributed by atoms with Gasteiger partial charge in [-0.2, -0.15) is 4.31 Å². The first-order valence-corrected chi connectivity index (χ1v) is 12.6. The third-order valence-electron chi connectivity index (χ3n) is 5.06. The number of hydrogen-bond donors (Lipinski definition) is 0. The average molecular weight is 470 g/mol. The number of carbonyl (C=O) groups is 1. The minimum Gasteiger partial charge on any atom is -0.339 e. The van der Waals surface area contributed by atoms with E-state index >= 15 is 0 Å². The van der Waals surface area contributed by atoms with Gasteiger partial charge in [-0.25, -0.2) is 8.42 Å². The predicted octanol–water partition coefficient (Wildman–Crippen LogP) is 2.50. The summed E-state index contributed by atoms with van der Waals surface area (Å²) in [5.74, 6) is 0.168. The molecule has 1 saturated heterocycles. The number of sulfonamides is 1. The zero-order chi connectivity index (χ0) is 22.4. The van der Waals surface area contributed by atoms with Crippen molar-refractivity contribution in [1.29, 1.82) is 0 Å². The fourth-order valence-corrected chi connectivity index (χ4v) is 5.32. The first kappa shape index (κ1) is 22.3. The third kappa shape index (κ3) is 5.45. The summed E-state index contributed by atoms with van der Waals surface area (Å²) in [4.78, 5) is 14.4. The molecule has 0 N–H and O–H groups in total. The van der Waals surface area contributed by atoms with Crippen molar-refractivity contribution in [2.45, 2.75) is 5.16 Å². The van der Waals surface area contributed by atoms with Gasteiger partial charge in [0.25, 0.3) is 0 Å². The van der Waals surface area contributed by atoms with E-state index in [4.69, 9.17) is 0 Å². The number of aromatic nitrogens is 3. The van der Waals surface area contributed by atoms with Crippen molar-refractivity contribution in [3.8, 4) is 5.69 Å². The number of benzene rings is 2. The molecule has 10 heteroatoms. The molecular weight excluding hydrogens is 446 g/mol. The lowest BCUT2D eigenvalue weighted by Gasteiger charge is -2.33. The van der Waals surface area contributed by atoms with Crippen molar-refractivity contribution in [2.24, 2.45) is 0 Å². The molecule has 0 radical (unpaired) electrons. The summed E-state index contributed by atoms with van der Waals surface area (Å²) in [6.07, 6.45) is 3.21. The Morgan fingerprint density at radius 3 is 2.31 bits per heavy atom. The molecule has 1 fully saturated rings. The van der Waals surface area contributed by atoms with Gasteiger partial charge in [-0.05, 0) is 23.8 Å². The highest BCUT2D eigenvalue weighted by molar-refractivity contribution is 7.99. The number of para-hydroxylation sites is 1. The van der Waals surface area contributed by atoms with Crippen LogP contribution in [-0.2, 0) is 14.8 Å². The summed E-state index contributed by atoms with van der Waals surface area (Å²) in [5.41, 5.74) is 1.75. The molecule has 2 heterocycles. The van der Waals surface area contributed by atoms with E-state index in [0.29, 0.717) is 18.2 Å². The monoisotopic (exact) mass is 469 g/mol. The number of hydrogen-bond acceptors (Lipinski definition) is 6. The smallest absolute Gasteiger partial charge is 0.236 e. The molecule has 1 aliphatic heterocycles. The molecule has 0 atom stereocenters. The number of carbonyl (C=O) groups excluding carboxylic acids is 1. The summed E-state index contributed by atoms with van der Waals surface area (Å²) in [7, 11) is -3.53. The first-order valence-electron chi connectivity index (χ1n) is 10.1. The number of thioether (sulfide) groups is 1. The van der Waals surface area contributed by atoms with Gasteiger partial charge in [0.15, 0.2) is 5.16 Å². The van der Waals surface area contributed by atoms with Gasteiger partial charge in [0, 0.05) is 37.3 Å². The van der Waals surface area contributed by atoms with Crippen molar-refractivity contribution in [1.82, 2.24) is 24.0 Å². The molecule has 32 heavy (non-hydrogen) atoms. The second-order valence-electron chi connectivity index (χ2n) is 7.15. The molecule has 4 rings (SSSR count). The van der Waals surface area contributed by atoms with Crippen LogP contribution in [0.25, 0.3) is 11.8 Å². The highest BCUT2D eigenvalue weighted by atomic mass is 32.2. The summed E-state index contributed by atoms with van der Waals surface area (Å²) in [6, 6.07) is 19.0. The van der Waals surface area contributed by atoms with Crippen molar-refractivity contribution >= 4 is 33.8 Å². The van der Waals surface area contributed by atoms with Crippen LogP contribution < -0.4 is 0 Å². The van der Waals surface area contributed by atoms with Gasteiger partial charge in [0.05, 0.1) is 5.75 Å². The van der Waals surface area contributed by atoms with Crippen LogP contribution in [0.4, 0.5) is 0 Å². The minimum absolute atomic E-state index is 0.0468. The second kappa shape index (κ2) is 10.1. The van der Waals surface area contributed by atoms with Gasteiger partial charge < -0.3 is 4.90 Å². The maximum absolute atomic E-state index is 12.7. The Morgan fingerprint density at radius 1 is 0.969 bits per heavy atom. The zero-order valence-corrected chi connectivity index (χ0v) is 19.0. The maximum Gasteiger partial charge on any atom is 0.236 e. The molecule has 1 aromatic heterocycles. The summed E-state index contributed by atoms with van der Waals surface area (Å²) >= 11 is 1.32. The van der Waals surface area contributed by atoms with Gasteiger partial charge in [-0.3, -0.25) is 9.36 Å². The van der Waals surface area contributed by atoms with Crippen LogP contribution in [0.3, 0.4) is 0 Å². The Bertz CT molecular complexity index is 1170. The third-order valence-corrected chi connectivity index (χ3v) is 7.55. The van der Waals surface area contributed by atoms with E-state index in [1.807, 2.05) is 65.2 Å². The lowest BCUT2D eigenvalue weighted by atomic mass is 10.2. The largest absolute Gasteiger partial charge is 0.339 e. The molecule has 0 bridgehead atoms. The van der Waals surface area contributed by atoms with Crippen LogP contribution in [0.2, 0.25) is 0 Å². The van der Waals surface area contributed by atoms with Gasteiger partial charge in [0.1, 0.15) is 6.33 Å². The number of nitrogens with zero attached hydrogens (tertiary/aromatic N) is 5. The Hall–Kier alpha value is -2.95. The molecule has 0 aliphatic carbocycles. The standard InChI is InChI=1S/C22H23N5O3S2/c28-21(17-31-22-24-23-18-27(22)20-9-5-2-6-10-20)25-12-14-26(15-13-25)32(29,30)16-11-19-7-3-1-4-8-19/h1-11,16,18H,12-15,17H2/b16-11+. The fraction of sp³-hybridized carbons (Fsp3) is 0.227. The summed E-state index contributed by atoms with van der Waals surface area (Å²) in [6.45, 7) is 1.28. The van der Waals surface area contributed by atoms with E-state index in [1.54, 1.807) is 17.3 Å². The maximum atomic E-state index is 12.7. The molecular formula is C22H23N5O3S2. The quantitative estimate of drug-likeness (QED) is 0.494. The van der Waals surface area contributed by atoms with Crippen LogP contribution in [-0.4, -0.2) is 70.2 Å². The Morgan fingerprint density at radius 2 is 1.62 bits per heavy atom. The molecule has 0 unspecified atom stereocenters. The highest BCUT2D eigenvalue weighted by Gasteiger charge is 2.27. The van der Waals surface area contributed by atoms with Crippen LogP contribution in [0.1, 0.15) is 5.56 Å². The molecule has 3 aromatic rings. The number of piperazine rings is 1. The van der Waals surface area contributed by atoms with Crippen LogP contribution >= 0.6 is 11.8 Å². The number of rotatable bonds is 7. The average Bonchev–Trinajstić information content (AvgIpc) is 3.31. The Balaban J connectivity index is 1.30. The molecule has 8 nitrogen and oxygen atoms in total. The SMILES string of the molecule is O=C(CSc1nncn1-c1ccccc1)N1CCN(S(=O)(=O)/C=C/c2ccccc2)CC1. The molecule has 1 amide bonds. The van der Waals surface area contributed by atoms with Crippen LogP contribution in [0.5, 0.6) is 0 Å². The van der Waals surface area contributed by atoms with E-state index in [1.165, 1.54) is 21.5 Å². The first-order chi connectivity index (χ1) is 15.5. The molecule has 2 aromatic carbocycles. The lowest BCUT2D eigenvalue weighted by Crippen LogP contribution is -2.50. The van der Waals surface area contributed by atoms with Crippen molar-refractivity contribution in [2.75, 3.05) is 31.9 Å². The topological polar surface area (TPSA) is 88.4 Å². The molecule has 166 valence electrons. The summed E-state index contributed by atoms with van der Waals surface area (Å²) < 4.78 is 28.5. The Kier molecular flexibility index (Phi) is 7.03. The van der Waals surface area contributed by atoms with Gasteiger partial charge in [0.2, 0.25) is 15.9 Å². The van der Waals surface area contributed by atoms with E-state index in [2.05, 4.69) is 10.2 Å². The van der Waals surface area contributed by atoms with E-state index in [0.717, 1.165) is 11.3 Å². The van der Waals surface area contributed by atoms with Gasteiger partial charge >= 0.3 is 0 Å². The van der Waals surface area contributed by atoms with Crippen molar-refractivity contribution in [3.05, 3.63) is 78.0 Å². The van der Waals surface area contributed by atoms with Gasteiger partial charge in [-0.1, -0.05) is 60.3 Å². The van der Waals surface area contributed by atoms with Crippen LogP contribution in [0, 0.1) is 0 Å².